The van der Waals surface area contributed by atoms with Crippen molar-refractivity contribution in [2.24, 2.45) is 0 Å². The molecule has 0 radical (unpaired) electrons. The van der Waals surface area contributed by atoms with Gasteiger partial charge >= 0.3 is 5.97 Å². The maximum Gasteiger partial charge on any atom is 0.356 e. The van der Waals surface area contributed by atoms with Crippen molar-refractivity contribution in [1.82, 2.24) is 14.8 Å². The van der Waals surface area contributed by atoms with Crippen molar-refractivity contribution in [2.75, 3.05) is 0 Å². The van der Waals surface area contributed by atoms with Crippen LogP contribution in [0.4, 0.5) is 0 Å². The van der Waals surface area contributed by atoms with Gasteiger partial charge in [-0.25, -0.2) is 4.79 Å². The van der Waals surface area contributed by atoms with Crippen molar-refractivity contribution in [2.45, 2.75) is 32.7 Å². The molecule has 2 heterocycles. The van der Waals surface area contributed by atoms with E-state index in [9.17, 15) is 4.79 Å². The first kappa shape index (κ1) is 13.3. The summed E-state index contributed by atoms with van der Waals surface area (Å²) in [6.07, 6.45) is 2.49. The molecular formula is C14H17N3O2. The fourth-order valence-corrected chi connectivity index (χ4v) is 1.95. The van der Waals surface area contributed by atoms with Gasteiger partial charge in [-0.05, 0) is 24.1 Å². The van der Waals surface area contributed by atoms with E-state index in [1.54, 1.807) is 16.9 Å². The summed E-state index contributed by atoms with van der Waals surface area (Å²) in [6, 6.07) is 7.42. The number of carbonyl (C=O) groups is 1. The molecule has 0 bridgehead atoms. The summed E-state index contributed by atoms with van der Waals surface area (Å²) in [7, 11) is 0. The van der Waals surface area contributed by atoms with E-state index in [0.29, 0.717) is 6.54 Å². The molecular weight excluding hydrogens is 242 g/mol. The molecule has 0 saturated heterocycles. The number of nitrogens with zero attached hydrogens (tertiary/aromatic N) is 3. The van der Waals surface area contributed by atoms with Crippen LogP contribution in [-0.4, -0.2) is 25.8 Å². The van der Waals surface area contributed by atoms with Crippen LogP contribution in [0.15, 0.2) is 30.5 Å². The Morgan fingerprint density at radius 3 is 2.79 bits per heavy atom. The zero-order valence-electron chi connectivity index (χ0n) is 11.1. The van der Waals surface area contributed by atoms with E-state index in [-0.39, 0.29) is 11.6 Å². The van der Waals surface area contributed by atoms with Crippen LogP contribution in [0.2, 0.25) is 0 Å². The van der Waals surface area contributed by atoms with Gasteiger partial charge in [0.05, 0.1) is 0 Å². The number of rotatable bonds is 5. The third kappa shape index (κ3) is 3.19. The summed E-state index contributed by atoms with van der Waals surface area (Å²) in [5, 5.41) is 13.1. The fraction of sp³-hybridized carbons (Fsp3) is 0.357. The molecule has 5 heteroatoms. The summed E-state index contributed by atoms with van der Waals surface area (Å²) in [6.45, 7) is 4.69. The predicted octanol–water partition coefficient (Wildman–Crippen LogP) is 2.34. The second-order valence-corrected chi connectivity index (χ2v) is 4.71. The number of pyridine rings is 1. The average molecular weight is 259 g/mol. The van der Waals surface area contributed by atoms with E-state index in [1.165, 1.54) is 0 Å². The molecule has 100 valence electrons. The first-order valence-electron chi connectivity index (χ1n) is 6.29. The molecule has 0 unspecified atom stereocenters. The zero-order chi connectivity index (χ0) is 13.8. The molecule has 19 heavy (non-hydrogen) atoms. The number of carboxylic acids is 1. The number of aromatic nitrogens is 3. The Hall–Kier alpha value is -2.17. The largest absolute Gasteiger partial charge is 0.476 e. The van der Waals surface area contributed by atoms with Gasteiger partial charge in [-0.3, -0.25) is 9.67 Å². The van der Waals surface area contributed by atoms with Crippen molar-refractivity contribution >= 4 is 5.97 Å². The standard InChI is InChI=1S/C14H17N3O2/c1-10(2)13-9-12(14(18)19)16-17(13)8-6-11-5-3-4-7-15-11/h3-5,7,9-10H,6,8H2,1-2H3,(H,18,19). The smallest absolute Gasteiger partial charge is 0.356 e. The minimum Gasteiger partial charge on any atom is -0.476 e. The fourth-order valence-electron chi connectivity index (χ4n) is 1.95. The lowest BCUT2D eigenvalue weighted by molar-refractivity contribution is 0.0689. The minimum absolute atomic E-state index is 0.102. The highest BCUT2D eigenvalue weighted by atomic mass is 16.4. The number of hydrogen-bond acceptors (Lipinski definition) is 3. The Morgan fingerprint density at radius 2 is 2.21 bits per heavy atom. The molecule has 2 rings (SSSR count). The summed E-state index contributed by atoms with van der Waals surface area (Å²) < 4.78 is 1.77. The van der Waals surface area contributed by atoms with Gasteiger partial charge in [0.1, 0.15) is 0 Å². The van der Waals surface area contributed by atoms with Crippen LogP contribution in [0.3, 0.4) is 0 Å². The minimum atomic E-state index is -0.988. The lowest BCUT2D eigenvalue weighted by Crippen LogP contribution is -2.10. The Morgan fingerprint density at radius 1 is 1.42 bits per heavy atom. The van der Waals surface area contributed by atoms with Crippen LogP contribution < -0.4 is 0 Å². The highest BCUT2D eigenvalue weighted by Crippen LogP contribution is 2.16. The SMILES string of the molecule is CC(C)c1cc(C(=O)O)nn1CCc1ccccn1. The lowest BCUT2D eigenvalue weighted by Gasteiger charge is -2.09. The molecule has 0 aliphatic rings. The molecule has 0 atom stereocenters. The predicted molar refractivity (Wildman–Crippen MR) is 71.2 cm³/mol. The quantitative estimate of drug-likeness (QED) is 0.894. The average Bonchev–Trinajstić information content (AvgIpc) is 2.82. The lowest BCUT2D eigenvalue weighted by atomic mass is 10.1. The van der Waals surface area contributed by atoms with Gasteiger partial charge < -0.3 is 5.11 Å². The number of hydrogen-bond donors (Lipinski definition) is 1. The topological polar surface area (TPSA) is 68.0 Å². The summed E-state index contributed by atoms with van der Waals surface area (Å²) in [4.78, 5) is 15.2. The second-order valence-electron chi connectivity index (χ2n) is 4.71. The molecule has 0 aliphatic heterocycles. The third-order valence-electron chi connectivity index (χ3n) is 2.93. The first-order valence-corrected chi connectivity index (χ1v) is 6.29. The molecule has 1 N–H and O–H groups in total. The van der Waals surface area contributed by atoms with E-state index in [0.717, 1.165) is 17.8 Å². The number of carboxylic acid groups (broad SMARTS) is 1. The molecule has 0 aliphatic carbocycles. The van der Waals surface area contributed by atoms with Crippen LogP contribution in [0, 0.1) is 0 Å². The zero-order valence-corrected chi connectivity index (χ0v) is 11.1. The maximum atomic E-state index is 11.0. The molecule has 5 nitrogen and oxygen atoms in total. The van der Waals surface area contributed by atoms with Crippen molar-refractivity contribution in [3.8, 4) is 0 Å². The van der Waals surface area contributed by atoms with Crippen molar-refractivity contribution in [1.29, 1.82) is 0 Å². The monoisotopic (exact) mass is 259 g/mol. The van der Waals surface area contributed by atoms with Gasteiger partial charge in [-0.2, -0.15) is 5.10 Å². The molecule has 0 spiro atoms. The normalized spacial score (nSPS) is 10.9. The van der Waals surface area contributed by atoms with Crippen molar-refractivity contribution in [3.63, 3.8) is 0 Å². The second kappa shape index (κ2) is 5.65. The van der Waals surface area contributed by atoms with Gasteiger partial charge in [-0.1, -0.05) is 19.9 Å². The van der Waals surface area contributed by atoms with Crippen LogP contribution in [-0.2, 0) is 13.0 Å². The molecule has 2 aromatic heterocycles. The van der Waals surface area contributed by atoms with Crippen LogP contribution in [0.5, 0.6) is 0 Å². The number of aromatic carboxylic acids is 1. The van der Waals surface area contributed by atoms with Crippen LogP contribution in [0.25, 0.3) is 0 Å². The maximum absolute atomic E-state index is 11.0. The highest BCUT2D eigenvalue weighted by molar-refractivity contribution is 5.85. The van der Waals surface area contributed by atoms with Gasteiger partial charge in [0, 0.05) is 30.6 Å². The number of aryl methyl sites for hydroxylation is 2. The Kier molecular flexibility index (Phi) is 3.94. The van der Waals surface area contributed by atoms with E-state index in [4.69, 9.17) is 5.11 Å². The van der Waals surface area contributed by atoms with Crippen LogP contribution in [0.1, 0.15) is 41.6 Å². The third-order valence-corrected chi connectivity index (χ3v) is 2.93. The van der Waals surface area contributed by atoms with E-state index in [1.807, 2.05) is 32.0 Å². The molecule has 0 amide bonds. The van der Waals surface area contributed by atoms with Gasteiger partial charge in [0.25, 0.3) is 0 Å². The van der Waals surface area contributed by atoms with Gasteiger partial charge in [0.15, 0.2) is 5.69 Å². The molecule has 0 saturated carbocycles. The Labute approximate surface area is 111 Å². The van der Waals surface area contributed by atoms with Crippen molar-refractivity contribution in [3.05, 3.63) is 47.5 Å². The van der Waals surface area contributed by atoms with E-state index >= 15 is 0 Å². The van der Waals surface area contributed by atoms with Crippen LogP contribution >= 0.6 is 0 Å². The summed E-state index contributed by atoms with van der Waals surface area (Å²) >= 11 is 0. The first-order chi connectivity index (χ1) is 9.08. The molecule has 2 aromatic rings. The van der Waals surface area contributed by atoms with Crippen molar-refractivity contribution < 1.29 is 9.90 Å². The summed E-state index contributed by atoms with van der Waals surface area (Å²) in [5.74, 6) is -0.747. The molecule has 0 aromatic carbocycles. The Bertz CT molecular complexity index is 561. The Balaban J connectivity index is 2.17. The molecule has 0 fully saturated rings. The van der Waals surface area contributed by atoms with E-state index in [2.05, 4.69) is 10.1 Å². The van der Waals surface area contributed by atoms with E-state index < -0.39 is 5.97 Å². The van der Waals surface area contributed by atoms with Gasteiger partial charge in [-0.15, -0.1) is 0 Å². The highest BCUT2D eigenvalue weighted by Gasteiger charge is 2.15. The van der Waals surface area contributed by atoms with Gasteiger partial charge in [0.2, 0.25) is 0 Å². The summed E-state index contributed by atoms with van der Waals surface area (Å²) in [5.41, 5.74) is 2.02.